The van der Waals surface area contributed by atoms with Crippen LogP contribution in [0.5, 0.6) is 11.5 Å². The fraction of sp³-hybridized carbons (Fsp3) is 0.133. The lowest BCUT2D eigenvalue weighted by Gasteiger charge is -2.28. The van der Waals surface area contributed by atoms with Gasteiger partial charge >= 0.3 is 0 Å². The lowest BCUT2D eigenvalue weighted by atomic mass is 10.1. The average Bonchev–Trinajstić information content (AvgIpc) is 2.93. The van der Waals surface area contributed by atoms with E-state index in [0.717, 1.165) is 15.7 Å². The molecule has 2 aliphatic rings. The van der Waals surface area contributed by atoms with Crippen LogP contribution in [0.25, 0.3) is 0 Å². The van der Waals surface area contributed by atoms with Crippen molar-refractivity contribution >= 4 is 27.5 Å². The Morgan fingerprint density at radius 3 is 2.71 bits per heavy atom. The minimum Gasteiger partial charge on any atom is -0.454 e. The molecule has 1 amide bonds. The fourth-order valence-electron chi connectivity index (χ4n) is 2.52. The van der Waals surface area contributed by atoms with Gasteiger partial charge in [0.15, 0.2) is 11.5 Å². The summed E-state index contributed by atoms with van der Waals surface area (Å²) in [6.07, 6.45) is -0.323. The van der Waals surface area contributed by atoms with Gasteiger partial charge in [-0.2, -0.15) is 0 Å². The quantitative estimate of drug-likeness (QED) is 0.833. The number of ether oxygens (including phenoxy) is 2. The predicted molar refractivity (Wildman–Crippen MR) is 80.5 cm³/mol. The lowest BCUT2D eigenvalue weighted by molar-refractivity contribution is 0.0935. The van der Waals surface area contributed by atoms with E-state index in [-0.39, 0.29) is 18.9 Å². The maximum Gasteiger partial charge on any atom is 0.255 e. The van der Waals surface area contributed by atoms with E-state index >= 15 is 0 Å². The molecule has 6 heteroatoms. The number of para-hydroxylation sites is 1. The molecule has 2 N–H and O–H groups in total. The van der Waals surface area contributed by atoms with Gasteiger partial charge in [-0.1, -0.05) is 28.1 Å². The van der Waals surface area contributed by atoms with Crippen LogP contribution in [0.1, 0.15) is 22.1 Å². The van der Waals surface area contributed by atoms with Crippen LogP contribution < -0.4 is 20.1 Å². The van der Waals surface area contributed by atoms with Crippen molar-refractivity contribution in [2.75, 3.05) is 12.1 Å². The zero-order valence-corrected chi connectivity index (χ0v) is 12.4. The highest BCUT2D eigenvalue weighted by Gasteiger charge is 2.27. The first-order valence-electron chi connectivity index (χ1n) is 6.48. The van der Waals surface area contributed by atoms with Gasteiger partial charge in [-0.05, 0) is 24.3 Å². The standard InChI is InChI=1S/C15H11BrN2O3/c16-10-6-13-12(20-7-21-13)5-9(10)14-17-11-4-2-1-3-8(11)15(19)18-14/h1-6,14,17H,7H2,(H,18,19)/t14-/m0/s1. The van der Waals surface area contributed by atoms with E-state index in [0.29, 0.717) is 17.1 Å². The van der Waals surface area contributed by atoms with Gasteiger partial charge in [0.25, 0.3) is 5.91 Å². The number of benzene rings is 2. The molecule has 1 atom stereocenters. The summed E-state index contributed by atoms with van der Waals surface area (Å²) in [5, 5.41) is 6.26. The number of carbonyl (C=O) groups excluding carboxylic acids is 1. The van der Waals surface area contributed by atoms with Crippen LogP contribution in [0.3, 0.4) is 0 Å². The minimum absolute atomic E-state index is 0.0982. The molecule has 0 unspecified atom stereocenters. The molecule has 0 spiro atoms. The van der Waals surface area contributed by atoms with Gasteiger partial charge < -0.3 is 20.1 Å². The molecular formula is C15H11BrN2O3. The summed E-state index contributed by atoms with van der Waals surface area (Å²) in [6.45, 7) is 0.221. The van der Waals surface area contributed by atoms with Gasteiger partial charge in [0.05, 0.1) is 5.56 Å². The second kappa shape index (κ2) is 4.66. The normalized spacial score (nSPS) is 18.7. The fourth-order valence-corrected chi connectivity index (χ4v) is 3.07. The Morgan fingerprint density at radius 2 is 1.86 bits per heavy atom. The second-order valence-electron chi connectivity index (χ2n) is 4.82. The number of hydrogen-bond donors (Lipinski definition) is 2. The number of nitrogens with one attached hydrogen (secondary N) is 2. The number of amides is 1. The predicted octanol–water partition coefficient (Wildman–Crippen LogP) is 3.03. The Kier molecular flexibility index (Phi) is 2.78. The molecule has 4 rings (SSSR count). The van der Waals surface area contributed by atoms with Gasteiger partial charge in [-0.25, -0.2) is 0 Å². The molecule has 0 aliphatic carbocycles. The molecule has 0 saturated heterocycles. The van der Waals surface area contributed by atoms with E-state index < -0.39 is 0 Å². The maximum absolute atomic E-state index is 12.2. The molecule has 2 aromatic carbocycles. The molecule has 2 heterocycles. The van der Waals surface area contributed by atoms with Crippen molar-refractivity contribution < 1.29 is 14.3 Å². The third-order valence-electron chi connectivity index (χ3n) is 3.55. The van der Waals surface area contributed by atoms with Crippen LogP contribution in [-0.2, 0) is 0 Å². The molecule has 5 nitrogen and oxygen atoms in total. The molecule has 0 radical (unpaired) electrons. The van der Waals surface area contributed by atoms with Gasteiger partial charge in [0, 0.05) is 15.7 Å². The zero-order valence-electron chi connectivity index (χ0n) is 10.9. The first kappa shape index (κ1) is 12.5. The van der Waals surface area contributed by atoms with Crippen LogP contribution >= 0.6 is 15.9 Å². The van der Waals surface area contributed by atoms with Crippen molar-refractivity contribution in [3.05, 3.63) is 52.0 Å². The lowest BCUT2D eigenvalue weighted by Crippen LogP contribution is -2.38. The first-order chi connectivity index (χ1) is 10.2. The Hall–Kier alpha value is -2.21. The van der Waals surface area contributed by atoms with Gasteiger partial charge in [-0.15, -0.1) is 0 Å². The van der Waals surface area contributed by atoms with Crippen LogP contribution in [-0.4, -0.2) is 12.7 Å². The number of rotatable bonds is 1. The zero-order chi connectivity index (χ0) is 14.4. The highest BCUT2D eigenvalue weighted by Crippen LogP contribution is 2.40. The molecule has 0 saturated carbocycles. The van der Waals surface area contributed by atoms with Crippen molar-refractivity contribution in [1.29, 1.82) is 0 Å². The van der Waals surface area contributed by atoms with Gasteiger partial charge in [-0.3, -0.25) is 4.79 Å². The van der Waals surface area contributed by atoms with Crippen molar-refractivity contribution in [2.45, 2.75) is 6.17 Å². The van der Waals surface area contributed by atoms with E-state index in [2.05, 4.69) is 26.6 Å². The monoisotopic (exact) mass is 346 g/mol. The third kappa shape index (κ3) is 2.03. The van der Waals surface area contributed by atoms with E-state index in [9.17, 15) is 4.79 Å². The summed E-state index contributed by atoms with van der Waals surface area (Å²) in [4.78, 5) is 12.2. The molecule has 0 aromatic heterocycles. The van der Waals surface area contributed by atoms with Crippen LogP contribution in [0.2, 0.25) is 0 Å². The number of hydrogen-bond acceptors (Lipinski definition) is 4. The molecular weight excluding hydrogens is 336 g/mol. The number of halogens is 1. The summed E-state index contributed by atoms with van der Waals surface area (Å²) in [5.41, 5.74) is 2.35. The topological polar surface area (TPSA) is 59.6 Å². The van der Waals surface area contributed by atoms with Crippen LogP contribution in [0.4, 0.5) is 5.69 Å². The van der Waals surface area contributed by atoms with E-state index in [1.165, 1.54) is 0 Å². The SMILES string of the molecule is O=C1N[C@@H](c2cc3c(cc2Br)OCO3)Nc2ccccc21. The Bertz CT molecular complexity index is 748. The third-order valence-corrected chi connectivity index (χ3v) is 4.24. The highest BCUT2D eigenvalue weighted by molar-refractivity contribution is 9.10. The van der Waals surface area contributed by atoms with Crippen molar-refractivity contribution in [3.8, 4) is 11.5 Å². The van der Waals surface area contributed by atoms with Crippen molar-refractivity contribution in [3.63, 3.8) is 0 Å². The van der Waals surface area contributed by atoms with Crippen molar-refractivity contribution in [1.82, 2.24) is 5.32 Å². The number of carbonyl (C=O) groups is 1. The van der Waals surface area contributed by atoms with Gasteiger partial charge in [0.1, 0.15) is 6.17 Å². The van der Waals surface area contributed by atoms with Gasteiger partial charge in [0.2, 0.25) is 6.79 Å². The first-order valence-corrected chi connectivity index (χ1v) is 7.27. The summed E-state index contributed by atoms with van der Waals surface area (Å²) < 4.78 is 11.6. The molecule has 0 fully saturated rings. The summed E-state index contributed by atoms with van der Waals surface area (Å²) >= 11 is 3.52. The molecule has 0 bridgehead atoms. The van der Waals surface area contributed by atoms with Crippen molar-refractivity contribution in [2.24, 2.45) is 0 Å². The summed E-state index contributed by atoms with van der Waals surface area (Å²) in [6, 6.07) is 11.2. The van der Waals surface area contributed by atoms with E-state index in [1.54, 1.807) is 6.07 Å². The van der Waals surface area contributed by atoms with E-state index in [4.69, 9.17) is 9.47 Å². The number of fused-ring (bicyclic) bond motifs is 2. The molecule has 21 heavy (non-hydrogen) atoms. The van der Waals surface area contributed by atoms with Crippen LogP contribution in [0.15, 0.2) is 40.9 Å². The Morgan fingerprint density at radius 1 is 1.10 bits per heavy atom. The Balaban J connectivity index is 1.74. The summed E-state index contributed by atoms with van der Waals surface area (Å²) in [7, 11) is 0. The average molecular weight is 347 g/mol. The van der Waals surface area contributed by atoms with Crippen LogP contribution in [0, 0.1) is 0 Å². The highest BCUT2D eigenvalue weighted by atomic mass is 79.9. The number of anilines is 1. The maximum atomic E-state index is 12.2. The largest absolute Gasteiger partial charge is 0.454 e. The smallest absolute Gasteiger partial charge is 0.255 e. The Labute approximate surface area is 129 Å². The minimum atomic E-state index is -0.323. The second-order valence-corrected chi connectivity index (χ2v) is 5.68. The molecule has 2 aromatic rings. The molecule has 106 valence electrons. The van der Waals surface area contributed by atoms with E-state index in [1.807, 2.05) is 30.3 Å². The molecule has 2 aliphatic heterocycles. The summed E-state index contributed by atoms with van der Waals surface area (Å²) in [5.74, 6) is 1.29.